The van der Waals surface area contributed by atoms with Crippen LogP contribution in [0.25, 0.3) is 0 Å². The summed E-state index contributed by atoms with van der Waals surface area (Å²) in [6.07, 6.45) is 4.58. The van der Waals surface area contributed by atoms with Crippen molar-refractivity contribution in [2.45, 2.75) is 32.9 Å². The van der Waals surface area contributed by atoms with Gasteiger partial charge in [0.15, 0.2) is 0 Å². The highest BCUT2D eigenvalue weighted by Gasteiger charge is 2.25. The van der Waals surface area contributed by atoms with Gasteiger partial charge in [-0.1, -0.05) is 26.0 Å². The SMILES string of the molecule is CC(C)C1C=CC(C)N1I. The molecule has 0 aromatic carbocycles. The molecule has 0 aromatic rings. The summed E-state index contributed by atoms with van der Waals surface area (Å²) in [7, 11) is 0. The highest BCUT2D eigenvalue weighted by Crippen LogP contribution is 2.25. The lowest BCUT2D eigenvalue weighted by atomic mass is 10.1. The molecule has 0 saturated heterocycles. The highest BCUT2D eigenvalue weighted by molar-refractivity contribution is 14.1. The van der Waals surface area contributed by atoms with Crippen LogP contribution in [-0.2, 0) is 0 Å². The second kappa shape index (κ2) is 3.22. The molecule has 1 aliphatic heterocycles. The minimum Gasteiger partial charge on any atom is -0.234 e. The van der Waals surface area contributed by atoms with E-state index in [1.807, 2.05) is 0 Å². The van der Waals surface area contributed by atoms with E-state index in [4.69, 9.17) is 0 Å². The monoisotopic (exact) mass is 251 g/mol. The van der Waals surface area contributed by atoms with Crippen LogP contribution in [0.1, 0.15) is 20.8 Å². The van der Waals surface area contributed by atoms with Crippen molar-refractivity contribution in [1.82, 2.24) is 3.11 Å². The Bertz CT molecular complexity index is 142. The predicted octanol–water partition coefficient (Wildman–Crippen LogP) is 2.62. The Morgan fingerprint density at radius 3 is 2.20 bits per heavy atom. The van der Waals surface area contributed by atoms with Gasteiger partial charge in [-0.05, 0) is 12.8 Å². The first-order chi connectivity index (χ1) is 4.63. The molecule has 10 heavy (non-hydrogen) atoms. The lowest BCUT2D eigenvalue weighted by Crippen LogP contribution is -2.29. The van der Waals surface area contributed by atoms with Crippen molar-refractivity contribution in [3.63, 3.8) is 0 Å². The number of halogens is 1. The topological polar surface area (TPSA) is 3.24 Å². The Kier molecular flexibility index (Phi) is 2.74. The zero-order valence-electron chi connectivity index (χ0n) is 6.71. The zero-order valence-corrected chi connectivity index (χ0v) is 8.87. The Labute approximate surface area is 77.0 Å². The molecule has 0 bridgehead atoms. The fourth-order valence-corrected chi connectivity index (χ4v) is 2.23. The van der Waals surface area contributed by atoms with Crippen molar-refractivity contribution >= 4 is 22.9 Å². The summed E-state index contributed by atoms with van der Waals surface area (Å²) in [5.74, 6) is 0.734. The van der Waals surface area contributed by atoms with Gasteiger partial charge in [-0.25, -0.2) is 3.11 Å². The Morgan fingerprint density at radius 1 is 1.40 bits per heavy atom. The summed E-state index contributed by atoms with van der Waals surface area (Å²) in [5, 5.41) is 0. The molecule has 0 N–H and O–H groups in total. The Balaban J connectivity index is 2.58. The average Bonchev–Trinajstić information content (AvgIpc) is 2.14. The molecular formula is C8H14IN. The number of rotatable bonds is 1. The molecule has 1 rings (SSSR count). The van der Waals surface area contributed by atoms with Crippen LogP contribution in [0.5, 0.6) is 0 Å². The highest BCUT2D eigenvalue weighted by atomic mass is 127. The molecule has 2 heteroatoms. The Hall–Kier alpha value is 0.430. The minimum absolute atomic E-state index is 0.619. The van der Waals surface area contributed by atoms with E-state index >= 15 is 0 Å². The normalized spacial score (nSPS) is 34.1. The predicted molar refractivity (Wildman–Crippen MR) is 53.1 cm³/mol. The van der Waals surface area contributed by atoms with E-state index in [0.29, 0.717) is 12.1 Å². The lowest BCUT2D eigenvalue weighted by Gasteiger charge is -2.23. The van der Waals surface area contributed by atoms with Crippen LogP contribution in [0, 0.1) is 5.92 Å². The van der Waals surface area contributed by atoms with E-state index in [2.05, 4.69) is 58.9 Å². The van der Waals surface area contributed by atoms with Crippen LogP contribution >= 0.6 is 22.9 Å². The van der Waals surface area contributed by atoms with Crippen molar-refractivity contribution < 1.29 is 0 Å². The first-order valence-electron chi connectivity index (χ1n) is 3.75. The average molecular weight is 251 g/mol. The Morgan fingerprint density at radius 2 is 2.00 bits per heavy atom. The van der Waals surface area contributed by atoms with Crippen LogP contribution in [0.4, 0.5) is 0 Å². The van der Waals surface area contributed by atoms with E-state index < -0.39 is 0 Å². The number of hydrogen-bond acceptors (Lipinski definition) is 1. The van der Waals surface area contributed by atoms with Crippen molar-refractivity contribution in [3.8, 4) is 0 Å². The van der Waals surface area contributed by atoms with Crippen molar-refractivity contribution in [2.75, 3.05) is 0 Å². The molecule has 0 aliphatic carbocycles. The smallest absolute Gasteiger partial charge is 0.0404 e. The largest absolute Gasteiger partial charge is 0.234 e. The van der Waals surface area contributed by atoms with Gasteiger partial charge >= 0.3 is 0 Å². The van der Waals surface area contributed by atoms with Crippen LogP contribution in [-0.4, -0.2) is 15.2 Å². The first-order valence-corrected chi connectivity index (χ1v) is 4.72. The van der Waals surface area contributed by atoms with Gasteiger partial charge in [0.2, 0.25) is 0 Å². The molecule has 2 unspecified atom stereocenters. The first kappa shape index (κ1) is 8.53. The van der Waals surface area contributed by atoms with Gasteiger partial charge in [0.1, 0.15) is 0 Å². The number of hydrogen-bond donors (Lipinski definition) is 0. The molecule has 1 nitrogen and oxygen atoms in total. The standard InChI is InChI=1S/C8H14IN/c1-6(2)8-5-4-7(3)10(8)9/h4-8H,1-3H3. The minimum atomic E-state index is 0.619. The van der Waals surface area contributed by atoms with E-state index in [9.17, 15) is 0 Å². The van der Waals surface area contributed by atoms with Crippen molar-refractivity contribution in [3.05, 3.63) is 12.2 Å². The van der Waals surface area contributed by atoms with E-state index in [1.54, 1.807) is 0 Å². The van der Waals surface area contributed by atoms with E-state index in [0.717, 1.165) is 5.92 Å². The van der Waals surface area contributed by atoms with Gasteiger partial charge in [-0.15, -0.1) is 0 Å². The van der Waals surface area contributed by atoms with Crippen LogP contribution in [0.3, 0.4) is 0 Å². The van der Waals surface area contributed by atoms with Crippen molar-refractivity contribution in [1.29, 1.82) is 0 Å². The summed E-state index contributed by atoms with van der Waals surface area (Å²) >= 11 is 2.41. The molecule has 2 atom stereocenters. The fourth-order valence-electron chi connectivity index (χ4n) is 1.22. The van der Waals surface area contributed by atoms with Gasteiger partial charge in [0, 0.05) is 34.9 Å². The third kappa shape index (κ3) is 1.53. The third-order valence-corrected chi connectivity index (χ3v) is 3.47. The molecule has 0 radical (unpaired) electrons. The summed E-state index contributed by atoms with van der Waals surface area (Å²) in [6, 6.07) is 1.27. The van der Waals surface area contributed by atoms with Gasteiger partial charge in [-0.3, -0.25) is 0 Å². The van der Waals surface area contributed by atoms with Crippen LogP contribution in [0.15, 0.2) is 12.2 Å². The summed E-state index contributed by atoms with van der Waals surface area (Å²) in [6.45, 7) is 6.75. The molecule has 0 fully saturated rings. The molecule has 0 amide bonds. The molecule has 58 valence electrons. The van der Waals surface area contributed by atoms with Gasteiger partial charge in [0.25, 0.3) is 0 Å². The summed E-state index contributed by atoms with van der Waals surface area (Å²) in [5.41, 5.74) is 0. The fraction of sp³-hybridized carbons (Fsp3) is 0.750. The summed E-state index contributed by atoms with van der Waals surface area (Å²) < 4.78 is 2.38. The van der Waals surface area contributed by atoms with Gasteiger partial charge < -0.3 is 0 Å². The van der Waals surface area contributed by atoms with Gasteiger partial charge in [-0.2, -0.15) is 0 Å². The maximum atomic E-state index is 2.41. The summed E-state index contributed by atoms with van der Waals surface area (Å²) in [4.78, 5) is 0. The van der Waals surface area contributed by atoms with E-state index in [-0.39, 0.29) is 0 Å². The zero-order chi connectivity index (χ0) is 7.72. The maximum Gasteiger partial charge on any atom is 0.0404 e. The van der Waals surface area contributed by atoms with Crippen LogP contribution in [0.2, 0.25) is 0 Å². The molecule has 0 aromatic heterocycles. The third-order valence-electron chi connectivity index (χ3n) is 1.94. The van der Waals surface area contributed by atoms with Crippen LogP contribution < -0.4 is 0 Å². The molecule has 0 saturated carbocycles. The second-order valence-electron chi connectivity index (χ2n) is 3.20. The molecular weight excluding hydrogens is 237 g/mol. The number of nitrogens with zero attached hydrogens (tertiary/aromatic N) is 1. The molecule has 0 spiro atoms. The second-order valence-corrected chi connectivity index (χ2v) is 4.32. The molecule has 1 aliphatic rings. The van der Waals surface area contributed by atoms with E-state index in [1.165, 1.54) is 0 Å². The molecule has 1 heterocycles. The maximum absolute atomic E-state index is 2.41. The quantitative estimate of drug-likeness (QED) is 0.393. The van der Waals surface area contributed by atoms with Gasteiger partial charge in [0.05, 0.1) is 0 Å². The lowest BCUT2D eigenvalue weighted by molar-refractivity contribution is 0.356. The van der Waals surface area contributed by atoms with Crippen molar-refractivity contribution in [2.24, 2.45) is 5.92 Å².